The molecule has 1 saturated heterocycles. The fourth-order valence-corrected chi connectivity index (χ4v) is 4.60. The monoisotopic (exact) mass is 487 g/mol. The highest BCUT2D eigenvalue weighted by Crippen LogP contribution is 2.38. The second kappa shape index (κ2) is 9.89. The Hall–Kier alpha value is -3.69. The molecule has 184 valence electrons. The third-order valence-electron chi connectivity index (χ3n) is 6.35. The van der Waals surface area contributed by atoms with Crippen LogP contribution in [-0.4, -0.2) is 35.1 Å². The summed E-state index contributed by atoms with van der Waals surface area (Å²) in [5.41, 5.74) is -0.459. The molecule has 0 aromatic heterocycles. The van der Waals surface area contributed by atoms with Crippen LogP contribution in [0.3, 0.4) is 0 Å². The number of hydrogen-bond donors (Lipinski definition) is 2. The van der Waals surface area contributed by atoms with E-state index in [0.717, 1.165) is 25.0 Å². The molecule has 35 heavy (non-hydrogen) atoms. The Morgan fingerprint density at radius 1 is 0.886 bits per heavy atom. The summed E-state index contributed by atoms with van der Waals surface area (Å²) >= 11 is 0. The lowest BCUT2D eigenvalue weighted by Gasteiger charge is -2.19. The van der Waals surface area contributed by atoms with Gasteiger partial charge in [-0.15, -0.1) is 0 Å². The van der Waals surface area contributed by atoms with Gasteiger partial charge in [0.2, 0.25) is 17.7 Å². The molecular weight excluding hydrogens is 463 g/mol. The predicted octanol–water partition coefficient (Wildman–Crippen LogP) is 4.46. The molecule has 2 unspecified atom stereocenters. The molecule has 2 atom stereocenters. The molecule has 7 nitrogen and oxygen atoms in total. The molecule has 4 amide bonds. The number of hydrogen-bond acceptors (Lipinski definition) is 4. The first kappa shape index (κ1) is 24.4. The van der Waals surface area contributed by atoms with Gasteiger partial charge in [0, 0.05) is 29.9 Å². The number of carbonyl (C=O) groups is 4. The van der Waals surface area contributed by atoms with Gasteiger partial charge in [-0.1, -0.05) is 25.0 Å². The van der Waals surface area contributed by atoms with Crippen molar-refractivity contribution in [3.63, 3.8) is 0 Å². The summed E-state index contributed by atoms with van der Waals surface area (Å²) in [4.78, 5) is 51.2. The second-order valence-corrected chi connectivity index (χ2v) is 8.74. The average Bonchev–Trinajstić information content (AvgIpc) is 3.07. The Kier molecular flexibility index (Phi) is 6.90. The van der Waals surface area contributed by atoms with Crippen molar-refractivity contribution in [3.8, 4) is 0 Å². The van der Waals surface area contributed by atoms with Crippen LogP contribution in [0.5, 0.6) is 0 Å². The van der Waals surface area contributed by atoms with Gasteiger partial charge in [0.15, 0.2) is 0 Å². The van der Waals surface area contributed by atoms with Crippen molar-refractivity contribution in [2.75, 3.05) is 17.2 Å². The van der Waals surface area contributed by atoms with Gasteiger partial charge in [-0.05, 0) is 49.2 Å². The highest BCUT2D eigenvalue weighted by molar-refractivity contribution is 6.06. The third-order valence-corrected chi connectivity index (χ3v) is 6.35. The average molecular weight is 487 g/mol. The number of rotatable bonds is 6. The quantitative estimate of drug-likeness (QED) is 0.588. The summed E-state index contributed by atoms with van der Waals surface area (Å²) in [6.45, 7) is -0.00772. The normalized spacial score (nSPS) is 19.9. The topological polar surface area (TPSA) is 95.6 Å². The zero-order chi connectivity index (χ0) is 25.2. The van der Waals surface area contributed by atoms with Gasteiger partial charge < -0.3 is 10.6 Å². The second-order valence-electron chi connectivity index (χ2n) is 8.74. The summed E-state index contributed by atoms with van der Waals surface area (Å²) < 4.78 is 38.7. The van der Waals surface area contributed by atoms with Crippen LogP contribution in [0.1, 0.15) is 48.0 Å². The van der Waals surface area contributed by atoms with Crippen molar-refractivity contribution in [3.05, 3.63) is 59.7 Å². The van der Waals surface area contributed by atoms with Gasteiger partial charge in [0.25, 0.3) is 5.91 Å². The molecule has 1 aliphatic carbocycles. The summed E-state index contributed by atoms with van der Waals surface area (Å²) in [5, 5.41) is 5.04. The van der Waals surface area contributed by atoms with Gasteiger partial charge in [0.1, 0.15) is 0 Å². The largest absolute Gasteiger partial charge is 0.416 e. The molecule has 10 heteroatoms. The van der Waals surface area contributed by atoms with Crippen molar-refractivity contribution in [1.29, 1.82) is 0 Å². The number of likely N-dealkylation sites (tertiary alicyclic amines) is 1. The van der Waals surface area contributed by atoms with E-state index >= 15 is 0 Å². The van der Waals surface area contributed by atoms with Gasteiger partial charge in [-0.3, -0.25) is 24.1 Å². The molecule has 0 bridgehead atoms. The maximum atomic E-state index is 12.9. The zero-order valence-electron chi connectivity index (χ0n) is 18.7. The Balaban J connectivity index is 1.34. The highest BCUT2D eigenvalue weighted by Gasteiger charge is 2.47. The first-order valence-electron chi connectivity index (χ1n) is 11.4. The number of halogens is 3. The third kappa shape index (κ3) is 5.52. The summed E-state index contributed by atoms with van der Waals surface area (Å²) in [5.74, 6) is -2.04. The number of imide groups is 1. The SMILES string of the molecule is O=C(CCN1C(=O)C2CCCCC2C1=O)Nc1cccc(C(=O)Nc2cccc(C(F)(F)F)c2)c1. The summed E-state index contributed by atoms with van der Waals surface area (Å²) in [6.07, 6.45) is -1.37. The minimum Gasteiger partial charge on any atom is -0.326 e. The molecule has 0 radical (unpaired) electrons. The molecule has 2 fully saturated rings. The maximum absolute atomic E-state index is 12.9. The molecule has 2 aromatic carbocycles. The smallest absolute Gasteiger partial charge is 0.326 e. The van der Waals surface area contributed by atoms with Crippen LogP contribution in [-0.2, 0) is 20.6 Å². The number of amides is 4. The highest BCUT2D eigenvalue weighted by atomic mass is 19.4. The van der Waals surface area contributed by atoms with E-state index in [0.29, 0.717) is 18.5 Å². The molecule has 1 heterocycles. The summed E-state index contributed by atoms with van der Waals surface area (Å²) in [6, 6.07) is 10.2. The van der Waals surface area contributed by atoms with Crippen LogP contribution in [0.15, 0.2) is 48.5 Å². The fraction of sp³-hybridized carbons (Fsp3) is 0.360. The summed E-state index contributed by atoms with van der Waals surface area (Å²) in [7, 11) is 0. The number of fused-ring (bicyclic) bond motifs is 1. The van der Waals surface area contributed by atoms with Crippen LogP contribution in [0.4, 0.5) is 24.5 Å². The predicted molar refractivity (Wildman–Crippen MR) is 121 cm³/mol. The minimum absolute atomic E-state index is 0.00772. The van der Waals surface area contributed by atoms with Crippen LogP contribution < -0.4 is 10.6 Å². The number of nitrogens with zero attached hydrogens (tertiary/aromatic N) is 1. The van der Waals surface area contributed by atoms with Crippen molar-refractivity contribution < 1.29 is 32.3 Å². The van der Waals surface area contributed by atoms with Gasteiger partial charge in [0.05, 0.1) is 17.4 Å². The maximum Gasteiger partial charge on any atom is 0.416 e. The van der Waals surface area contributed by atoms with Crippen molar-refractivity contribution >= 4 is 35.0 Å². The van der Waals surface area contributed by atoms with Crippen LogP contribution in [0, 0.1) is 11.8 Å². The van der Waals surface area contributed by atoms with E-state index in [2.05, 4.69) is 10.6 Å². The lowest BCUT2D eigenvalue weighted by Crippen LogP contribution is -2.34. The Labute approximate surface area is 199 Å². The van der Waals surface area contributed by atoms with E-state index in [4.69, 9.17) is 0 Å². The van der Waals surface area contributed by atoms with E-state index in [9.17, 15) is 32.3 Å². The molecular formula is C25H24F3N3O4. The number of anilines is 2. The lowest BCUT2D eigenvalue weighted by molar-refractivity contribution is -0.140. The van der Waals surface area contributed by atoms with E-state index in [1.807, 2.05) is 0 Å². The Bertz CT molecular complexity index is 1140. The molecule has 4 rings (SSSR count). The number of alkyl halides is 3. The fourth-order valence-electron chi connectivity index (χ4n) is 4.60. The van der Waals surface area contributed by atoms with E-state index in [1.165, 1.54) is 35.2 Å². The zero-order valence-corrected chi connectivity index (χ0v) is 18.7. The molecule has 1 saturated carbocycles. The van der Waals surface area contributed by atoms with Crippen LogP contribution in [0.2, 0.25) is 0 Å². The van der Waals surface area contributed by atoms with Crippen LogP contribution >= 0.6 is 0 Å². The molecule has 0 spiro atoms. The Morgan fingerprint density at radius 3 is 2.11 bits per heavy atom. The van der Waals surface area contributed by atoms with Gasteiger partial charge in [-0.2, -0.15) is 13.2 Å². The van der Waals surface area contributed by atoms with E-state index in [1.54, 1.807) is 6.07 Å². The van der Waals surface area contributed by atoms with Gasteiger partial charge in [-0.25, -0.2) is 0 Å². The molecule has 2 N–H and O–H groups in total. The molecule has 1 aliphatic heterocycles. The van der Waals surface area contributed by atoms with Crippen molar-refractivity contribution in [2.45, 2.75) is 38.3 Å². The standard InChI is InChI=1S/C25H24F3N3O4/c26-25(27,28)16-6-4-8-18(14-16)30-22(33)15-5-3-7-17(13-15)29-21(32)11-12-31-23(34)19-9-1-2-10-20(19)24(31)35/h3-8,13-14,19-20H,1-2,9-12H2,(H,29,32)(H,30,33). The lowest BCUT2D eigenvalue weighted by atomic mass is 9.81. The first-order chi connectivity index (χ1) is 16.6. The number of carbonyl (C=O) groups excluding carboxylic acids is 4. The van der Waals surface area contributed by atoms with Crippen LogP contribution in [0.25, 0.3) is 0 Å². The number of nitrogens with one attached hydrogen (secondary N) is 2. The Morgan fingerprint density at radius 2 is 1.49 bits per heavy atom. The minimum atomic E-state index is -4.53. The first-order valence-corrected chi connectivity index (χ1v) is 11.4. The van der Waals surface area contributed by atoms with E-state index in [-0.39, 0.29) is 47.9 Å². The molecule has 2 aliphatic rings. The molecule has 2 aromatic rings. The van der Waals surface area contributed by atoms with Gasteiger partial charge >= 0.3 is 6.18 Å². The van der Waals surface area contributed by atoms with E-state index < -0.39 is 23.6 Å². The van der Waals surface area contributed by atoms with Crippen molar-refractivity contribution in [1.82, 2.24) is 4.90 Å². The number of benzene rings is 2. The van der Waals surface area contributed by atoms with Crippen molar-refractivity contribution in [2.24, 2.45) is 11.8 Å².